The van der Waals surface area contributed by atoms with Crippen LogP contribution >= 0.6 is 0 Å². The standard InChI is InChI=1S/C11H21N3O/c1-6-14-9(8(15-5)7-13-14)10(12)11(2,3)4/h7,10H,6,12H2,1-5H3. The fourth-order valence-electron chi connectivity index (χ4n) is 1.51. The molecule has 0 radical (unpaired) electrons. The third-order valence-corrected chi connectivity index (χ3v) is 2.59. The van der Waals surface area contributed by atoms with Gasteiger partial charge in [0.05, 0.1) is 25.0 Å². The van der Waals surface area contributed by atoms with E-state index in [2.05, 4.69) is 25.9 Å². The molecule has 2 N–H and O–H groups in total. The first kappa shape index (κ1) is 12.0. The Morgan fingerprint density at radius 1 is 1.53 bits per heavy atom. The van der Waals surface area contributed by atoms with Crippen molar-refractivity contribution in [2.75, 3.05) is 7.11 Å². The Balaban J connectivity index is 3.15. The van der Waals surface area contributed by atoms with Gasteiger partial charge in [-0.3, -0.25) is 4.68 Å². The van der Waals surface area contributed by atoms with E-state index in [1.165, 1.54) is 0 Å². The maximum absolute atomic E-state index is 6.23. The minimum absolute atomic E-state index is 0.000231. The van der Waals surface area contributed by atoms with Gasteiger partial charge in [0.1, 0.15) is 0 Å². The van der Waals surface area contributed by atoms with Gasteiger partial charge in [0.2, 0.25) is 0 Å². The second-order valence-corrected chi connectivity index (χ2v) is 4.76. The van der Waals surface area contributed by atoms with Gasteiger partial charge >= 0.3 is 0 Å². The molecule has 0 aromatic carbocycles. The Hall–Kier alpha value is -1.03. The van der Waals surface area contributed by atoms with Crippen molar-refractivity contribution in [3.63, 3.8) is 0 Å². The lowest BCUT2D eigenvalue weighted by Gasteiger charge is -2.28. The molecule has 1 atom stereocenters. The van der Waals surface area contributed by atoms with Crippen molar-refractivity contribution in [1.82, 2.24) is 9.78 Å². The highest BCUT2D eigenvalue weighted by Crippen LogP contribution is 2.35. The molecule has 0 amide bonds. The second-order valence-electron chi connectivity index (χ2n) is 4.76. The number of aromatic nitrogens is 2. The summed E-state index contributed by atoms with van der Waals surface area (Å²) in [6.45, 7) is 9.20. The normalized spacial score (nSPS) is 14.0. The van der Waals surface area contributed by atoms with Gasteiger partial charge in [0.15, 0.2) is 5.75 Å². The average Bonchev–Trinajstić information content (AvgIpc) is 2.57. The summed E-state index contributed by atoms with van der Waals surface area (Å²) in [5, 5.41) is 4.25. The predicted octanol–water partition coefficient (Wildman–Crippen LogP) is 1.96. The Morgan fingerprint density at radius 3 is 2.53 bits per heavy atom. The molecule has 1 heterocycles. The molecular formula is C11H21N3O. The van der Waals surface area contributed by atoms with Crippen LogP contribution in [-0.4, -0.2) is 16.9 Å². The predicted molar refractivity (Wildman–Crippen MR) is 60.8 cm³/mol. The van der Waals surface area contributed by atoms with Crippen molar-refractivity contribution < 1.29 is 4.74 Å². The quantitative estimate of drug-likeness (QED) is 0.831. The van der Waals surface area contributed by atoms with Crippen molar-refractivity contribution in [1.29, 1.82) is 0 Å². The summed E-state index contributed by atoms with van der Waals surface area (Å²) in [5.41, 5.74) is 7.21. The highest BCUT2D eigenvalue weighted by atomic mass is 16.5. The van der Waals surface area contributed by atoms with Crippen LogP contribution in [0.1, 0.15) is 39.4 Å². The van der Waals surface area contributed by atoms with Gasteiger partial charge in [-0.25, -0.2) is 0 Å². The molecular weight excluding hydrogens is 190 g/mol. The van der Waals surface area contributed by atoms with E-state index in [4.69, 9.17) is 10.5 Å². The van der Waals surface area contributed by atoms with E-state index in [0.29, 0.717) is 0 Å². The third-order valence-electron chi connectivity index (χ3n) is 2.59. The number of ether oxygens (including phenoxy) is 1. The number of methoxy groups -OCH3 is 1. The lowest BCUT2D eigenvalue weighted by Crippen LogP contribution is -2.29. The van der Waals surface area contributed by atoms with Gasteiger partial charge in [-0.05, 0) is 12.3 Å². The van der Waals surface area contributed by atoms with Crippen molar-refractivity contribution >= 4 is 0 Å². The summed E-state index contributed by atoms with van der Waals surface area (Å²) in [6, 6.07) is -0.0742. The third kappa shape index (κ3) is 2.31. The first-order valence-corrected chi connectivity index (χ1v) is 5.27. The van der Waals surface area contributed by atoms with E-state index in [-0.39, 0.29) is 11.5 Å². The molecule has 0 saturated heterocycles. The fourth-order valence-corrected chi connectivity index (χ4v) is 1.51. The van der Waals surface area contributed by atoms with Gasteiger partial charge in [-0.2, -0.15) is 5.10 Å². The van der Waals surface area contributed by atoms with Crippen LogP contribution in [-0.2, 0) is 6.54 Å². The van der Waals surface area contributed by atoms with E-state index >= 15 is 0 Å². The first-order chi connectivity index (χ1) is 6.91. The van der Waals surface area contributed by atoms with E-state index < -0.39 is 0 Å². The van der Waals surface area contributed by atoms with Gasteiger partial charge in [-0.1, -0.05) is 20.8 Å². The zero-order chi connectivity index (χ0) is 11.6. The molecule has 0 saturated carbocycles. The number of hydrogen-bond acceptors (Lipinski definition) is 3. The Bertz CT molecular complexity index is 304. The number of rotatable bonds is 3. The molecule has 0 aliphatic rings. The highest BCUT2D eigenvalue weighted by molar-refractivity contribution is 5.29. The zero-order valence-electron chi connectivity index (χ0n) is 10.2. The van der Waals surface area contributed by atoms with Crippen LogP contribution in [0.25, 0.3) is 0 Å². The summed E-state index contributed by atoms with van der Waals surface area (Å²) in [4.78, 5) is 0. The molecule has 0 spiro atoms. The van der Waals surface area contributed by atoms with Gasteiger partial charge in [0.25, 0.3) is 0 Å². The molecule has 1 unspecified atom stereocenters. The average molecular weight is 211 g/mol. The van der Waals surface area contributed by atoms with Gasteiger partial charge < -0.3 is 10.5 Å². The van der Waals surface area contributed by atoms with E-state index in [1.54, 1.807) is 13.3 Å². The lowest BCUT2D eigenvalue weighted by molar-refractivity contribution is 0.299. The van der Waals surface area contributed by atoms with Crippen molar-refractivity contribution in [2.24, 2.45) is 11.1 Å². The molecule has 4 nitrogen and oxygen atoms in total. The molecule has 1 aromatic rings. The highest BCUT2D eigenvalue weighted by Gasteiger charge is 2.28. The van der Waals surface area contributed by atoms with E-state index in [9.17, 15) is 0 Å². The molecule has 1 rings (SSSR count). The van der Waals surface area contributed by atoms with Crippen molar-refractivity contribution in [3.8, 4) is 5.75 Å². The van der Waals surface area contributed by atoms with Gasteiger partial charge in [-0.15, -0.1) is 0 Å². The molecule has 86 valence electrons. The Morgan fingerprint density at radius 2 is 2.13 bits per heavy atom. The van der Waals surface area contributed by atoms with E-state index in [0.717, 1.165) is 18.0 Å². The molecule has 0 fully saturated rings. The van der Waals surface area contributed by atoms with Crippen LogP contribution < -0.4 is 10.5 Å². The lowest BCUT2D eigenvalue weighted by atomic mass is 9.85. The van der Waals surface area contributed by atoms with Crippen LogP contribution in [0.2, 0.25) is 0 Å². The van der Waals surface area contributed by atoms with Crippen LogP contribution in [0.3, 0.4) is 0 Å². The molecule has 0 bridgehead atoms. The SMILES string of the molecule is CCn1ncc(OC)c1C(N)C(C)(C)C. The Kier molecular flexibility index (Phi) is 3.39. The van der Waals surface area contributed by atoms with Crippen molar-refractivity contribution in [2.45, 2.75) is 40.3 Å². The monoisotopic (exact) mass is 211 g/mol. The van der Waals surface area contributed by atoms with Crippen molar-refractivity contribution in [3.05, 3.63) is 11.9 Å². The maximum atomic E-state index is 6.23. The smallest absolute Gasteiger partial charge is 0.161 e. The largest absolute Gasteiger partial charge is 0.493 e. The van der Waals surface area contributed by atoms with Crippen LogP contribution in [0, 0.1) is 5.41 Å². The zero-order valence-corrected chi connectivity index (χ0v) is 10.2. The topological polar surface area (TPSA) is 53.1 Å². The summed E-state index contributed by atoms with van der Waals surface area (Å²) < 4.78 is 7.18. The first-order valence-electron chi connectivity index (χ1n) is 5.27. The molecule has 4 heteroatoms. The summed E-state index contributed by atoms with van der Waals surface area (Å²) in [5.74, 6) is 0.777. The van der Waals surface area contributed by atoms with Crippen LogP contribution in [0.5, 0.6) is 5.75 Å². The maximum Gasteiger partial charge on any atom is 0.161 e. The molecule has 15 heavy (non-hydrogen) atoms. The van der Waals surface area contributed by atoms with Crippen LogP contribution in [0.4, 0.5) is 0 Å². The number of aryl methyl sites for hydroxylation is 1. The summed E-state index contributed by atoms with van der Waals surface area (Å²) >= 11 is 0. The summed E-state index contributed by atoms with van der Waals surface area (Å²) in [7, 11) is 1.65. The molecule has 0 aliphatic heterocycles. The molecule has 0 aliphatic carbocycles. The molecule has 1 aromatic heterocycles. The minimum atomic E-state index is -0.0742. The second kappa shape index (κ2) is 4.23. The van der Waals surface area contributed by atoms with Gasteiger partial charge in [0, 0.05) is 6.54 Å². The van der Waals surface area contributed by atoms with E-state index in [1.807, 2.05) is 11.6 Å². The Labute approximate surface area is 91.4 Å². The fraction of sp³-hybridized carbons (Fsp3) is 0.727. The minimum Gasteiger partial charge on any atom is -0.493 e. The number of nitrogens with two attached hydrogens (primary N) is 1. The number of hydrogen-bond donors (Lipinski definition) is 1. The van der Waals surface area contributed by atoms with Crippen LogP contribution in [0.15, 0.2) is 6.20 Å². The number of nitrogens with zero attached hydrogens (tertiary/aromatic N) is 2. The summed E-state index contributed by atoms with van der Waals surface area (Å²) in [6.07, 6.45) is 1.73.